The summed E-state index contributed by atoms with van der Waals surface area (Å²) in [6, 6.07) is 3.40. The first-order valence-corrected chi connectivity index (χ1v) is 8.53. The van der Waals surface area contributed by atoms with Crippen molar-refractivity contribution in [3.05, 3.63) is 47.8 Å². The molecule has 1 fully saturated rings. The van der Waals surface area contributed by atoms with E-state index in [2.05, 4.69) is 37.7 Å². The highest BCUT2D eigenvalue weighted by molar-refractivity contribution is 5.69. The van der Waals surface area contributed by atoms with E-state index in [1.807, 2.05) is 0 Å². The standard InChI is InChI=1S/C20H25FN2/c1-5-20(3,4)19-17(13(2)14-6-7-14)8-16(21)9-18(19)15-10-22-12-23-11-15/h8-14H,5-7H2,1-4H3. The third-order valence-electron chi connectivity index (χ3n) is 5.39. The van der Waals surface area contributed by atoms with Crippen LogP contribution in [0, 0.1) is 11.7 Å². The quantitative estimate of drug-likeness (QED) is 0.730. The van der Waals surface area contributed by atoms with Crippen molar-refractivity contribution in [3.63, 3.8) is 0 Å². The van der Waals surface area contributed by atoms with Crippen molar-refractivity contribution in [2.24, 2.45) is 5.92 Å². The molecule has 0 N–H and O–H groups in total. The number of aromatic nitrogens is 2. The highest BCUT2D eigenvalue weighted by Gasteiger charge is 2.34. The molecule has 1 aromatic carbocycles. The van der Waals surface area contributed by atoms with Gasteiger partial charge >= 0.3 is 0 Å². The minimum absolute atomic E-state index is 0.0165. The van der Waals surface area contributed by atoms with Crippen LogP contribution in [0.1, 0.15) is 64.0 Å². The first-order valence-electron chi connectivity index (χ1n) is 8.53. The topological polar surface area (TPSA) is 25.8 Å². The van der Waals surface area contributed by atoms with Gasteiger partial charge < -0.3 is 0 Å². The van der Waals surface area contributed by atoms with Gasteiger partial charge in [0.25, 0.3) is 0 Å². The number of rotatable bonds is 5. The normalized spacial score (nSPS) is 16.4. The molecule has 1 atom stereocenters. The number of hydrogen-bond donors (Lipinski definition) is 0. The molecule has 0 radical (unpaired) electrons. The molecule has 1 aromatic heterocycles. The van der Waals surface area contributed by atoms with E-state index < -0.39 is 0 Å². The molecule has 3 heteroatoms. The van der Waals surface area contributed by atoms with Crippen LogP contribution in [-0.4, -0.2) is 9.97 Å². The molecule has 1 aliphatic rings. The first-order chi connectivity index (χ1) is 10.9. The Morgan fingerprint density at radius 1 is 1.22 bits per heavy atom. The molecule has 2 aromatic rings. The maximum absolute atomic E-state index is 14.4. The van der Waals surface area contributed by atoms with Crippen LogP contribution in [-0.2, 0) is 5.41 Å². The summed E-state index contributed by atoms with van der Waals surface area (Å²) in [5.41, 5.74) is 4.25. The van der Waals surface area contributed by atoms with Crippen molar-refractivity contribution >= 4 is 0 Å². The van der Waals surface area contributed by atoms with Gasteiger partial charge in [-0.2, -0.15) is 0 Å². The van der Waals surface area contributed by atoms with Gasteiger partial charge in [0, 0.05) is 18.0 Å². The molecular weight excluding hydrogens is 287 g/mol. The maximum Gasteiger partial charge on any atom is 0.124 e. The van der Waals surface area contributed by atoms with Gasteiger partial charge in [0.1, 0.15) is 12.1 Å². The molecule has 1 aliphatic carbocycles. The van der Waals surface area contributed by atoms with Crippen molar-refractivity contribution in [3.8, 4) is 11.1 Å². The summed E-state index contributed by atoms with van der Waals surface area (Å²) in [4.78, 5) is 8.26. The molecule has 0 spiro atoms. The number of benzene rings is 1. The molecule has 1 unspecified atom stereocenters. The third-order valence-corrected chi connectivity index (χ3v) is 5.39. The molecule has 122 valence electrons. The first kappa shape index (κ1) is 16.1. The fourth-order valence-corrected chi connectivity index (χ4v) is 3.44. The zero-order chi connectivity index (χ0) is 16.6. The third kappa shape index (κ3) is 3.15. The zero-order valence-electron chi connectivity index (χ0n) is 14.4. The molecular formula is C20H25FN2. The van der Waals surface area contributed by atoms with Gasteiger partial charge in [0.15, 0.2) is 0 Å². The van der Waals surface area contributed by atoms with E-state index in [0.29, 0.717) is 11.8 Å². The summed E-state index contributed by atoms with van der Waals surface area (Å²) in [5.74, 6) is 0.931. The molecule has 1 heterocycles. The van der Waals surface area contributed by atoms with Crippen molar-refractivity contribution in [1.82, 2.24) is 9.97 Å². The second kappa shape index (κ2) is 6.03. The van der Waals surface area contributed by atoms with Gasteiger partial charge in [0.05, 0.1) is 0 Å². The van der Waals surface area contributed by atoms with Crippen molar-refractivity contribution in [2.45, 2.75) is 58.3 Å². The van der Waals surface area contributed by atoms with Crippen molar-refractivity contribution < 1.29 is 4.39 Å². The number of nitrogens with zero attached hydrogens (tertiary/aromatic N) is 2. The van der Waals surface area contributed by atoms with Crippen molar-refractivity contribution in [2.75, 3.05) is 0 Å². The van der Waals surface area contributed by atoms with Crippen molar-refractivity contribution in [1.29, 1.82) is 0 Å². The summed E-state index contributed by atoms with van der Waals surface area (Å²) in [7, 11) is 0. The van der Waals surface area contributed by atoms with Crippen LogP contribution in [0.25, 0.3) is 11.1 Å². The van der Waals surface area contributed by atoms with Crippen LogP contribution in [0.2, 0.25) is 0 Å². The average molecular weight is 312 g/mol. The van der Waals surface area contributed by atoms with E-state index in [9.17, 15) is 4.39 Å². The Hall–Kier alpha value is -1.77. The zero-order valence-corrected chi connectivity index (χ0v) is 14.4. The Morgan fingerprint density at radius 2 is 1.87 bits per heavy atom. The fraction of sp³-hybridized carbons (Fsp3) is 0.500. The average Bonchev–Trinajstić information content (AvgIpc) is 3.39. The lowest BCUT2D eigenvalue weighted by atomic mass is 9.73. The second-order valence-electron chi connectivity index (χ2n) is 7.41. The summed E-state index contributed by atoms with van der Waals surface area (Å²) < 4.78 is 14.4. The molecule has 1 saturated carbocycles. The highest BCUT2D eigenvalue weighted by Crippen LogP contribution is 2.48. The Balaban J connectivity index is 2.25. The predicted octanol–water partition coefficient (Wildman–Crippen LogP) is 5.48. The van der Waals surface area contributed by atoms with Gasteiger partial charge in [-0.1, -0.05) is 27.7 Å². The molecule has 2 nitrogen and oxygen atoms in total. The highest BCUT2D eigenvalue weighted by atomic mass is 19.1. The van der Waals surface area contributed by atoms with Crippen LogP contribution < -0.4 is 0 Å². The van der Waals surface area contributed by atoms with Gasteiger partial charge in [-0.15, -0.1) is 0 Å². The van der Waals surface area contributed by atoms with E-state index in [-0.39, 0.29) is 11.2 Å². The molecule has 0 amide bonds. The van der Waals surface area contributed by atoms with Gasteiger partial charge in [-0.25, -0.2) is 14.4 Å². The molecule has 23 heavy (non-hydrogen) atoms. The summed E-state index contributed by atoms with van der Waals surface area (Å²) in [5, 5.41) is 0. The lowest BCUT2D eigenvalue weighted by Crippen LogP contribution is -2.21. The van der Waals surface area contributed by atoms with Gasteiger partial charge in [-0.3, -0.25) is 0 Å². The van der Waals surface area contributed by atoms with Crippen LogP contribution in [0.3, 0.4) is 0 Å². The minimum atomic E-state index is -0.165. The smallest absolute Gasteiger partial charge is 0.124 e. The molecule has 0 aliphatic heterocycles. The molecule has 0 bridgehead atoms. The Kier molecular flexibility index (Phi) is 4.22. The monoisotopic (exact) mass is 312 g/mol. The lowest BCUT2D eigenvalue weighted by molar-refractivity contribution is 0.491. The largest absolute Gasteiger partial charge is 0.244 e. The van der Waals surface area contributed by atoms with E-state index >= 15 is 0 Å². The van der Waals surface area contributed by atoms with Gasteiger partial charge in [-0.05, 0) is 65.3 Å². The van der Waals surface area contributed by atoms with Crippen LogP contribution >= 0.6 is 0 Å². The second-order valence-corrected chi connectivity index (χ2v) is 7.41. The Labute approximate surface area is 138 Å². The predicted molar refractivity (Wildman–Crippen MR) is 91.9 cm³/mol. The van der Waals surface area contributed by atoms with Gasteiger partial charge in [0.2, 0.25) is 0 Å². The van der Waals surface area contributed by atoms with E-state index in [1.54, 1.807) is 24.5 Å². The Morgan fingerprint density at radius 3 is 2.43 bits per heavy atom. The van der Waals surface area contributed by atoms with E-state index in [4.69, 9.17) is 0 Å². The summed E-state index contributed by atoms with van der Waals surface area (Å²) >= 11 is 0. The van der Waals surface area contributed by atoms with E-state index in [0.717, 1.165) is 17.5 Å². The van der Waals surface area contributed by atoms with Crippen LogP contribution in [0.4, 0.5) is 4.39 Å². The molecule has 3 rings (SSSR count). The number of halogens is 1. The minimum Gasteiger partial charge on any atom is -0.244 e. The van der Waals surface area contributed by atoms with Crippen LogP contribution in [0.15, 0.2) is 30.9 Å². The molecule has 0 saturated heterocycles. The fourth-order valence-electron chi connectivity index (χ4n) is 3.44. The maximum atomic E-state index is 14.4. The number of hydrogen-bond acceptors (Lipinski definition) is 2. The summed E-state index contributed by atoms with van der Waals surface area (Å²) in [6.45, 7) is 8.93. The summed E-state index contributed by atoms with van der Waals surface area (Å²) in [6.07, 6.45) is 8.59. The van der Waals surface area contributed by atoms with E-state index in [1.165, 1.54) is 30.3 Å². The van der Waals surface area contributed by atoms with Crippen LogP contribution in [0.5, 0.6) is 0 Å². The SMILES string of the molecule is CCC(C)(C)c1c(-c2cncnc2)cc(F)cc1C(C)C1CC1. The lowest BCUT2D eigenvalue weighted by Gasteiger charge is -2.31. The Bertz CT molecular complexity index is 690.